The molecule has 2 aromatic carbocycles. The van der Waals surface area contributed by atoms with Gasteiger partial charge in [0.2, 0.25) is 0 Å². The Morgan fingerprint density at radius 1 is 1.06 bits per heavy atom. The molecule has 0 fully saturated rings. The monoisotopic (exact) mass is 247 g/mol. The average Bonchev–Trinajstić information content (AvgIpc) is 2.38. The van der Waals surface area contributed by atoms with E-state index < -0.39 is 5.82 Å². The van der Waals surface area contributed by atoms with Crippen LogP contribution in [0.2, 0.25) is 0 Å². The quantitative estimate of drug-likeness (QED) is 0.839. The van der Waals surface area contributed by atoms with Crippen LogP contribution in [0.1, 0.15) is 6.92 Å². The average molecular weight is 247 g/mol. The number of hydrogen-bond donors (Lipinski definition) is 1. The Kier molecular flexibility index (Phi) is 3.67. The van der Waals surface area contributed by atoms with Crippen molar-refractivity contribution in [1.29, 1.82) is 0 Å². The molecule has 0 aliphatic carbocycles. The number of ether oxygens (including phenoxy) is 2. The molecule has 0 aromatic heterocycles. The molecule has 0 saturated heterocycles. The van der Waals surface area contributed by atoms with Crippen LogP contribution in [0.25, 0.3) is 0 Å². The molecular weight excluding hydrogens is 233 g/mol. The van der Waals surface area contributed by atoms with Gasteiger partial charge in [-0.3, -0.25) is 0 Å². The molecule has 0 radical (unpaired) electrons. The van der Waals surface area contributed by atoms with Crippen LogP contribution < -0.4 is 15.2 Å². The first-order valence-corrected chi connectivity index (χ1v) is 5.65. The number of rotatable bonds is 4. The van der Waals surface area contributed by atoms with Crippen molar-refractivity contribution < 1.29 is 13.9 Å². The molecule has 2 rings (SSSR count). The number of para-hydroxylation sites is 1. The van der Waals surface area contributed by atoms with Crippen molar-refractivity contribution in [1.82, 2.24) is 0 Å². The highest BCUT2D eigenvalue weighted by Gasteiger charge is 2.06. The summed E-state index contributed by atoms with van der Waals surface area (Å²) in [7, 11) is 0. The van der Waals surface area contributed by atoms with Gasteiger partial charge in [-0.15, -0.1) is 0 Å². The second-order valence-corrected chi connectivity index (χ2v) is 3.66. The standard InChI is InChI=1S/C14H14FNO2/c1-2-17-10-6-8-11(9-7-10)18-13-5-3-4-12(15)14(13)16/h3-9H,2,16H2,1H3. The lowest BCUT2D eigenvalue weighted by molar-refractivity contribution is 0.339. The van der Waals surface area contributed by atoms with Crippen molar-refractivity contribution in [3.8, 4) is 17.2 Å². The van der Waals surface area contributed by atoms with Crippen molar-refractivity contribution in [2.24, 2.45) is 0 Å². The zero-order valence-corrected chi connectivity index (χ0v) is 10.0. The minimum absolute atomic E-state index is 0.00591. The summed E-state index contributed by atoms with van der Waals surface area (Å²) in [4.78, 5) is 0. The fraction of sp³-hybridized carbons (Fsp3) is 0.143. The normalized spacial score (nSPS) is 10.1. The van der Waals surface area contributed by atoms with Gasteiger partial charge in [0, 0.05) is 0 Å². The van der Waals surface area contributed by atoms with E-state index in [1.165, 1.54) is 6.07 Å². The van der Waals surface area contributed by atoms with Crippen molar-refractivity contribution in [3.63, 3.8) is 0 Å². The van der Waals surface area contributed by atoms with Crippen LogP contribution in [0.4, 0.5) is 10.1 Å². The van der Waals surface area contributed by atoms with Crippen LogP contribution in [0.5, 0.6) is 17.2 Å². The van der Waals surface area contributed by atoms with Crippen LogP contribution >= 0.6 is 0 Å². The molecule has 0 atom stereocenters. The first-order valence-electron chi connectivity index (χ1n) is 5.65. The lowest BCUT2D eigenvalue weighted by Crippen LogP contribution is -1.95. The SMILES string of the molecule is CCOc1ccc(Oc2cccc(F)c2N)cc1. The van der Waals surface area contributed by atoms with Gasteiger partial charge in [0.05, 0.1) is 6.61 Å². The van der Waals surface area contributed by atoms with Gasteiger partial charge in [0.15, 0.2) is 5.75 Å². The number of anilines is 1. The predicted molar refractivity (Wildman–Crippen MR) is 68.5 cm³/mol. The Balaban J connectivity index is 2.16. The van der Waals surface area contributed by atoms with E-state index in [0.29, 0.717) is 18.1 Å². The molecule has 2 N–H and O–H groups in total. The minimum Gasteiger partial charge on any atom is -0.494 e. The summed E-state index contributed by atoms with van der Waals surface area (Å²) in [6, 6.07) is 11.5. The molecule has 0 unspecified atom stereocenters. The van der Waals surface area contributed by atoms with E-state index in [4.69, 9.17) is 15.2 Å². The van der Waals surface area contributed by atoms with E-state index in [-0.39, 0.29) is 5.69 Å². The largest absolute Gasteiger partial charge is 0.494 e. The summed E-state index contributed by atoms with van der Waals surface area (Å²) in [6.45, 7) is 2.52. The molecule has 94 valence electrons. The summed E-state index contributed by atoms with van der Waals surface area (Å²) in [6.07, 6.45) is 0. The third kappa shape index (κ3) is 2.71. The molecule has 0 aliphatic rings. The minimum atomic E-state index is -0.488. The van der Waals surface area contributed by atoms with Gasteiger partial charge in [0.1, 0.15) is 23.0 Å². The fourth-order valence-corrected chi connectivity index (χ4v) is 1.50. The Bertz CT molecular complexity index is 526. The van der Waals surface area contributed by atoms with E-state index in [0.717, 1.165) is 5.75 Å². The summed E-state index contributed by atoms with van der Waals surface area (Å²) in [5.74, 6) is 1.16. The van der Waals surface area contributed by atoms with Gasteiger partial charge in [-0.2, -0.15) is 0 Å². The third-order valence-electron chi connectivity index (χ3n) is 2.38. The number of benzene rings is 2. The molecule has 0 aliphatic heterocycles. The zero-order valence-electron chi connectivity index (χ0n) is 10.0. The smallest absolute Gasteiger partial charge is 0.153 e. The summed E-state index contributed by atoms with van der Waals surface area (Å²) >= 11 is 0. The number of nitrogen functional groups attached to an aromatic ring is 1. The first-order chi connectivity index (χ1) is 8.70. The van der Waals surface area contributed by atoms with Gasteiger partial charge in [-0.25, -0.2) is 4.39 Å². The number of halogens is 1. The maximum absolute atomic E-state index is 13.2. The van der Waals surface area contributed by atoms with Crippen molar-refractivity contribution in [2.45, 2.75) is 6.92 Å². The van der Waals surface area contributed by atoms with Gasteiger partial charge >= 0.3 is 0 Å². The molecule has 0 amide bonds. The fourth-order valence-electron chi connectivity index (χ4n) is 1.50. The van der Waals surface area contributed by atoms with E-state index >= 15 is 0 Å². The third-order valence-corrected chi connectivity index (χ3v) is 2.38. The van der Waals surface area contributed by atoms with Crippen LogP contribution in [-0.4, -0.2) is 6.61 Å². The van der Waals surface area contributed by atoms with E-state index in [9.17, 15) is 4.39 Å². The Hall–Kier alpha value is -2.23. The Labute approximate surface area is 105 Å². The van der Waals surface area contributed by atoms with Crippen molar-refractivity contribution >= 4 is 5.69 Å². The van der Waals surface area contributed by atoms with Crippen LogP contribution in [0, 0.1) is 5.82 Å². The molecule has 2 aromatic rings. The highest BCUT2D eigenvalue weighted by molar-refractivity contribution is 5.54. The molecule has 4 heteroatoms. The Morgan fingerprint density at radius 2 is 1.72 bits per heavy atom. The topological polar surface area (TPSA) is 44.5 Å². The molecule has 18 heavy (non-hydrogen) atoms. The van der Waals surface area contributed by atoms with Crippen molar-refractivity contribution in [3.05, 3.63) is 48.3 Å². The van der Waals surface area contributed by atoms with E-state index in [2.05, 4.69) is 0 Å². The number of hydrogen-bond acceptors (Lipinski definition) is 3. The molecule has 0 bridgehead atoms. The van der Waals surface area contributed by atoms with Gasteiger partial charge in [0.25, 0.3) is 0 Å². The van der Waals surface area contributed by atoms with Gasteiger partial charge in [-0.1, -0.05) is 6.07 Å². The second kappa shape index (κ2) is 5.40. The maximum atomic E-state index is 13.2. The van der Waals surface area contributed by atoms with E-state index in [1.54, 1.807) is 36.4 Å². The lowest BCUT2D eigenvalue weighted by atomic mass is 10.3. The molecule has 0 saturated carbocycles. The van der Waals surface area contributed by atoms with Crippen LogP contribution in [-0.2, 0) is 0 Å². The molecule has 0 spiro atoms. The Morgan fingerprint density at radius 3 is 2.39 bits per heavy atom. The molecular formula is C14H14FNO2. The van der Waals surface area contributed by atoms with Crippen LogP contribution in [0.3, 0.4) is 0 Å². The highest BCUT2D eigenvalue weighted by atomic mass is 19.1. The van der Waals surface area contributed by atoms with Crippen LogP contribution in [0.15, 0.2) is 42.5 Å². The van der Waals surface area contributed by atoms with Gasteiger partial charge < -0.3 is 15.2 Å². The van der Waals surface area contributed by atoms with Gasteiger partial charge in [-0.05, 0) is 43.3 Å². The highest BCUT2D eigenvalue weighted by Crippen LogP contribution is 2.29. The lowest BCUT2D eigenvalue weighted by Gasteiger charge is -2.09. The molecule has 0 heterocycles. The molecule has 3 nitrogen and oxygen atoms in total. The first kappa shape index (κ1) is 12.2. The maximum Gasteiger partial charge on any atom is 0.153 e. The summed E-state index contributed by atoms with van der Waals surface area (Å²) in [5.41, 5.74) is 5.59. The second-order valence-electron chi connectivity index (χ2n) is 3.66. The van der Waals surface area contributed by atoms with E-state index in [1.807, 2.05) is 6.92 Å². The summed E-state index contributed by atoms with van der Waals surface area (Å²) in [5, 5.41) is 0. The summed E-state index contributed by atoms with van der Waals surface area (Å²) < 4.78 is 24.0. The predicted octanol–water partition coefficient (Wildman–Crippen LogP) is 3.60. The number of nitrogens with two attached hydrogens (primary N) is 1. The zero-order chi connectivity index (χ0) is 13.0. The van der Waals surface area contributed by atoms with Crippen molar-refractivity contribution in [2.75, 3.05) is 12.3 Å².